The third-order valence-electron chi connectivity index (χ3n) is 4.95. The van der Waals surface area contributed by atoms with Gasteiger partial charge in [-0.2, -0.15) is 5.10 Å². The summed E-state index contributed by atoms with van der Waals surface area (Å²) < 4.78 is 13.8. The number of hydrogen-bond acceptors (Lipinski definition) is 4. The van der Waals surface area contributed by atoms with Crippen LogP contribution in [-0.4, -0.2) is 22.5 Å². The molecule has 140 valence electrons. The number of hydrogen-bond donors (Lipinski definition) is 1. The number of rotatable bonds is 6. The maximum absolute atomic E-state index is 13.8. The highest BCUT2D eigenvalue weighted by molar-refractivity contribution is 8.15. The first-order valence-corrected chi connectivity index (χ1v) is 10.1. The summed E-state index contributed by atoms with van der Waals surface area (Å²) in [5.74, 6) is -0.216. The predicted molar refractivity (Wildman–Crippen MR) is 107 cm³/mol. The van der Waals surface area contributed by atoms with Crippen LogP contribution < -0.4 is 5.73 Å². The van der Waals surface area contributed by atoms with Crippen LogP contribution in [0.3, 0.4) is 0 Å². The van der Waals surface area contributed by atoms with Gasteiger partial charge in [-0.25, -0.2) is 9.40 Å². The van der Waals surface area contributed by atoms with E-state index in [0.717, 1.165) is 24.8 Å². The molecule has 1 aliphatic carbocycles. The lowest BCUT2D eigenvalue weighted by Crippen LogP contribution is -2.42. The topological polar surface area (TPSA) is 58.7 Å². The molecule has 0 radical (unpaired) electrons. The van der Waals surface area contributed by atoms with Crippen molar-refractivity contribution in [1.82, 2.24) is 5.01 Å². The molecule has 2 aliphatic rings. The third kappa shape index (κ3) is 3.51. The number of thioether (sulfide) groups is 1. The van der Waals surface area contributed by atoms with Gasteiger partial charge < -0.3 is 5.73 Å². The van der Waals surface area contributed by atoms with Crippen LogP contribution >= 0.6 is 11.8 Å². The van der Waals surface area contributed by atoms with E-state index in [1.807, 2.05) is 36.4 Å². The zero-order valence-electron chi connectivity index (χ0n) is 15.0. The van der Waals surface area contributed by atoms with Gasteiger partial charge in [0.1, 0.15) is 15.7 Å². The quantitative estimate of drug-likeness (QED) is 0.818. The fourth-order valence-electron chi connectivity index (χ4n) is 3.39. The largest absolute Gasteiger partial charge is 0.330 e. The van der Waals surface area contributed by atoms with Crippen LogP contribution in [0.5, 0.6) is 0 Å². The van der Waals surface area contributed by atoms with Crippen molar-refractivity contribution >= 4 is 22.7 Å². The summed E-state index contributed by atoms with van der Waals surface area (Å²) in [5.41, 5.74) is 7.52. The van der Waals surface area contributed by atoms with Crippen molar-refractivity contribution in [1.29, 1.82) is 0 Å². The lowest BCUT2D eigenvalue weighted by Gasteiger charge is -2.36. The molecule has 1 aliphatic heterocycles. The smallest absolute Gasteiger partial charge is 0.247 e. The Morgan fingerprint density at radius 3 is 2.67 bits per heavy atom. The summed E-state index contributed by atoms with van der Waals surface area (Å²) >= 11 is 1.53. The van der Waals surface area contributed by atoms with Gasteiger partial charge in [-0.05, 0) is 49.9 Å². The molecular weight excluding hydrogens is 361 g/mol. The maximum atomic E-state index is 13.8. The van der Waals surface area contributed by atoms with Crippen molar-refractivity contribution in [2.75, 3.05) is 6.54 Å². The minimum Gasteiger partial charge on any atom is -0.330 e. The molecule has 0 bridgehead atoms. The van der Waals surface area contributed by atoms with Crippen LogP contribution in [0.25, 0.3) is 0 Å². The highest BCUT2D eigenvalue weighted by Gasteiger charge is 2.51. The van der Waals surface area contributed by atoms with Crippen molar-refractivity contribution in [3.63, 3.8) is 0 Å². The number of amides is 1. The summed E-state index contributed by atoms with van der Waals surface area (Å²) in [4.78, 5) is 12.5. The first kappa shape index (κ1) is 18.2. The van der Waals surface area contributed by atoms with Crippen LogP contribution in [0.2, 0.25) is 0 Å². The molecule has 2 aromatic carbocycles. The van der Waals surface area contributed by atoms with Crippen molar-refractivity contribution in [2.24, 2.45) is 16.8 Å². The lowest BCUT2D eigenvalue weighted by atomic mass is 10.00. The average Bonchev–Trinajstić information content (AvgIpc) is 3.47. The molecule has 1 amide bonds. The van der Waals surface area contributed by atoms with Gasteiger partial charge in [-0.3, -0.25) is 4.79 Å². The van der Waals surface area contributed by atoms with E-state index in [1.54, 1.807) is 11.1 Å². The lowest BCUT2D eigenvalue weighted by molar-refractivity contribution is -0.136. The molecule has 0 spiro atoms. The Labute approximate surface area is 162 Å². The van der Waals surface area contributed by atoms with E-state index in [9.17, 15) is 9.18 Å². The molecule has 4 nitrogen and oxygen atoms in total. The molecule has 2 aromatic rings. The number of hydrazone groups is 1. The van der Waals surface area contributed by atoms with Crippen molar-refractivity contribution in [2.45, 2.75) is 30.6 Å². The van der Waals surface area contributed by atoms with Gasteiger partial charge in [-0.15, -0.1) is 0 Å². The number of nitrogens with two attached hydrogens (primary N) is 1. The molecule has 4 rings (SSSR count). The molecule has 0 saturated heterocycles. The number of carbonyl (C=O) groups excluding carboxylic acids is 1. The standard InChI is InChI=1S/C21H22FN3OS/c22-18-9-4-6-16(14-18)19-24-25(20(26)15-10-11-15)21(27-19,12-5-13-23)17-7-2-1-3-8-17/h1-4,6-9,14-15H,5,10-13,23H2. The Morgan fingerprint density at radius 1 is 1.22 bits per heavy atom. The van der Waals surface area contributed by atoms with Gasteiger partial charge in [0, 0.05) is 11.5 Å². The second kappa shape index (κ2) is 7.44. The molecule has 2 N–H and O–H groups in total. The Bertz CT molecular complexity index is 869. The second-order valence-corrected chi connectivity index (χ2v) is 8.25. The Hall–Kier alpha value is -2.18. The SMILES string of the molecule is NCCCC1(c2ccccc2)SC(c2cccc(F)c2)=NN1C(=O)C1CC1. The molecule has 1 atom stereocenters. The van der Waals surface area contributed by atoms with Crippen LogP contribution in [0.1, 0.15) is 36.8 Å². The molecule has 1 fully saturated rings. The molecule has 1 unspecified atom stereocenters. The predicted octanol–water partition coefficient (Wildman–Crippen LogP) is 4.06. The molecule has 6 heteroatoms. The first-order chi connectivity index (χ1) is 13.1. The second-order valence-electron chi connectivity index (χ2n) is 6.98. The van der Waals surface area contributed by atoms with Crippen molar-refractivity contribution in [3.8, 4) is 0 Å². The van der Waals surface area contributed by atoms with Gasteiger partial charge in [0.05, 0.1) is 0 Å². The van der Waals surface area contributed by atoms with Gasteiger partial charge >= 0.3 is 0 Å². The zero-order chi connectivity index (χ0) is 18.9. The van der Waals surface area contributed by atoms with Crippen LogP contribution in [0.15, 0.2) is 59.7 Å². The van der Waals surface area contributed by atoms with E-state index in [4.69, 9.17) is 10.8 Å². The summed E-state index contributed by atoms with van der Waals surface area (Å²) in [5, 5.41) is 7.02. The molecular formula is C21H22FN3OS. The monoisotopic (exact) mass is 383 g/mol. The van der Waals surface area contributed by atoms with Crippen LogP contribution in [0, 0.1) is 11.7 Å². The molecule has 27 heavy (non-hydrogen) atoms. The third-order valence-corrected chi connectivity index (χ3v) is 6.41. The van der Waals surface area contributed by atoms with E-state index in [1.165, 1.54) is 23.9 Å². The normalized spacial score (nSPS) is 22.0. The Balaban J connectivity index is 1.79. The molecule has 1 saturated carbocycles. The summed E-state index contributed by atoms with van der Waals surface area (Å²) in [6.07, 6.45) is 3.28. The van der Waals surface area contributed by atoms with Gasteiger partial charge in [0.2, 0.25) is 5.91 Å². The molecule has 1 heterocycles. The van der Waals surface area contributed by atoms with E-state index < -0.39 is 4.87 Å². The minimum atomic E-state index is -0.637. The highest BCUT2D eigenvalue weighted by atomic mass is 32.2. The highest BCUT2D eigenvalue weighted by Crippen LogP contribution is 2.52. The molecule has 0 aromatic heterocycles. The Morgan fingerprint density at radius 2 is 2.00 bits per heavy atom. The number of benzene rings is 2. The van der Waals surface area contributed by atoms with Gasteiger partial charge in [0.15, 0.2) is 0 Å². The summed E-state index contributed by atoms with van der Waals surface area (Å²) in [6.45, 7) is 0.538. The van der Waals surface area contributed by atoms with Crippen molar-refractivity contribution in [3.05, 3.63) is 71.5 Å². The summed E-state index contributed by atoms with van der Waals surface area (Å²) in [7, 11) is 0. The van der Waals surface area contributed by atoms with E-state index in [2.05, 4.69) is 0 Å². The maximum Gasteiger partial charge on any atom is 0.247 e. The van der Waals surface area contributed by atoms with Gasteiger partial charge in [0.25, 0.3) is 0 Å². The number of carbonyl (C=O) groups is 1. The minimum absolute atomic E-state index is 0.0437. The van der Waals surface area contributed by atoms with Crippen LogP contribution in [-0.2, 0) is 9.67 Å². The van der Waals surface area contributed by atoms with E-state index in [0.29, 0.717) is 23.6 Å². The fourth-order valence-corrected chi connectivity index (χ4v) is 4.79. The van der Waals surface area contributed by atoms with E-state index in [-0.39, 0.29) is 17.6 Å². The number of halogens is 1. The van der Waals surface area contributed by atoms with Crippen LogP contribution in [0.4, 0.5) is 4.39 Å². The van der Waals surface area contributed by atoms with E-state index >= 15 is 0 Å². The first-order valence-electron chi connectivity index (χ1n) is 9.27. The fraction of sp³-hybridized carbons (Fsp3) is 0.333. The Kier molecular flexibility index (Phi) is 5.02. The number of nitrogens with zero attached hydrogens (tertiary/aromatic N) is 2. The summed E-state index contributed by atoms with van der Waals surface area (Å²) in [6, 6.07) is 16.3. The average molecular weight is 383 g/mol. The zero-order valence-corrected chi connectivity index (χ0v) is 15.8. The van der Waals surface area contributed by atoms with Crippen molar-refractivity contribution < 1.29 is 9.18 Å². The van der Waals surface area contributed by atoms with Gasteiger partial charge in [-0.1, -0.05) is 54.2 Å².